The van der Waals surface area contributed by atoms with Gasteiger partial charge in [-0.1, -0.05) is 23.7 Å². The zero-order valence-corrected chi connectivity index (χ0v) is 14.6. The highest BCUT2D eigenvalue weighted by molar-refractivity contribution is 7.98. The first kappa shape index (κ1) is 15.4. The molecule has 0 unspecified atom stereocenters. The second-order valence-electron chi connectivity index (χ2n) is 5.91. The van der Waals surface area contributed by atoms with Gasteiger partial charge >= 0.3 is 0 Å². The molecule has 2 aromatic carbocycles. The van der Waals surface area contributed by atoms with E-state index < -0.39 is 0 Å². The molecular formula is C18H15ClN4S. The van der Waals surface area contributed by atoms with Gasteiger partial charge in [-0.2, -0.15) is 5.26 Å². The van der Waals surface area contributed by atoms with Crippen molar-refractivity contribution in [3.05, 3.63) is 63.8 Å². The predicted octanol–water partition coefficient (Wildman–Crippen LogP) is 4.99. The van der Waals surface area contributed by atoms with Crippen LogP contribution in [0.3, 0.4) is 0 Å². The van der Waals surface area contributed by atoms with Crippen molar-refractivity contribution in [2.75, 3.05) is 4.72 Å². The summed E-state index contributed by atoms with van der Waals surface area (Å²) in [6.07, 6.45) is 1.99. The number of rotatable bonds is 2. The molecule has 0 atom stereocenters. The standard InChI is InChI=1S/C18H15ClN4S/c1-11-8-21-18-16(11)15(19)6-14-10-23(24-22-17(14)18)9-13-4-2-12(7-20)3-5-13/h2-6,8,21-22H,9-10H2,1H3. The minimum Gasteiger partial charge on any atom is -0.359 e. The van der Waals surface area contributed by atoms with Gasteiger partial charge < -0.3 is 9.71 Å². The van der Waals surface area contributed by atoms with Gasteiger partial charge in [0.05, 0.1) is 27.9 Å². The molecule has 1 aliphatic heterocycles. The van der Waals surface area contributed by atoms with Gasteiger partial charge in [0, 0.05) is 36.8 Å². The third-order valence-electron chi connectivity index (χ3n) is 4.25. The number of fused-ring (bicyclic) bond motifs is 3. The monoisotopic (exact) mass is 354 g/mol. The lowest BCUT2D eigenvalue weighted by atomic mass is 10.1. The van der Waals surface area contributed by atoms with E-state index in [4.69, 9.17) is 16.9 Å². The average Bonchev–Trinajstić information content (AvgIpc) is 2.98. The lowest BCUT2D eigenvalue weighted by molar-refractivity contribution is 0.461. The molecule has 3 aromatic rings. The highest BCUT2D eigenvalue weighted by Gasteiger charge is 2.22. The molecule has 120 valence electrons. The van der Waals surface area contributed by atoms with Gasteiger partial charge in [-0.05, 0) is 41.8 Å². The van der Waals surface area contributed by atoms with Crippen LogP contribution in [0, 0.1) is 18.3 Å². The van der Waals surface area contributed by atoms with Crippen molar-refractivity contribution in [2.24, 2.45) is 0 Å². The van der Waals surface area contributed by atoms with Gasteiger partial charge in [-0.15, -0.1) is 0 Å². The van der Waals surface area contributed by atoms with Crippen LogP contribution < -0.4 is 4.72 Å². The highest BCUT2D eigenvalue weighted by atomic mass is 35.5. The molecule has 2 N–H and O–H groups in total. The number of anilines is 1. The molecule has 1 aromatic heterocycles. The van der Waals surface area contributed by atoms with E-state index in [0.717, 1.165) is 40.3 Å². The summed E-state index contributed by atoms with van der Waals surface area (Å²) in [4.78, 5) is 3.32. The Kier molecular flexibility index (Phi) is 3.89. The molecule has 6 heteroatoms. The molecule has 2 heterocycles. The zero-order chi connectivity index (χ0) is 16.7. The maximum atomic E-state index is 8.88. The van der Waals surface area contributed by atoms with Crippen LogP contribution >= 0.6 is 23.7 Å². The number of nitrogens with zero attached hydrogens (tertiary/aromatic N) is 2. The molecule has 0 fully saturated rings. The molecule has 0 amide bonds. The van der Waals surface area contributed by atoms with Gasteiger partial charge in [-0.25, -0.2) is 4.31 Å². The van der Waals surface area contributed by atoms with Crippen LogP contribution in [0.4, 0.5) is 5.69 Å². The van der Waals surface area contributed by atoms with Crippen molar-refractivity contribution in [1.29, 1.82) is 5.26 Å². The van der Waals surface area contributed by atoms with E-state index in [9.17, 15) is 0 Å². The SMILES string of the molecule is Cc1c[nH]c2c3c(cc(Cl)c12)CN(Cc1ccc(C#N)cc1)SN3. The lowest BCUT2D eigenvalue weighted by Crippen LogP contribution is -2.22. The van der Waals surface area contributed by atoms with E-state index in [1.54, 1.807) is 12.1 Å². The Morgan fingerprint density at radius 1 is 1.33 bits per heavy atom. The number of hydrogen-bond acceptors (Lipinski definition) is 4. The van der Waals surface area contributed by atoms with Crippen LogP contribution in [0.2, 0.25) is 5.02 Å². The topological polar surface area (TPSA) is 54.9 Å². The number of nitriles is 1. The van der Waals surface area contributed by atoms with Gasteiger partial charge in [0.25, 0.3) is 0 Å². The van der Waals surface area contributed by atoms with Gasteiger partial charge in [0.2, 0.25) is 0 Å². The fraction of sp³-hybridized carbons (Fsp3) is 0.167. The molecular weight excluding hydrogens is 340 g/mol. The molecule has 0 bridgehead atoms. The van der Waals surface area contributed by atoms with Crippen molar-refractivity contribution in [3.8, 4) is 6.07 Å². The van der Waals surface area contributed by atoms with Crippen LogP contribution in [0.25, 0.3) is 10.9 Å². The normalized spacial score (nSPS) is 14.2. The molecule has 0 aliphatic carbocycles. The molecule has 24 heavy (non-hydrogen) atoms. The summed E-state index contributed by atoms with van der Waals surface area (Å²) in [5.41, 5.74) is 6.38. The Hall–Kier alpha value is -2.13. The quantitative estimate of drug-likeness (QED) is 0.636. The third kappa shape index (κ3) is 2.63. The number of aromatic amines is 1. The minimum atomic E-state index is 0.685. The number of H-pyrrole nitrogens is 1. The lowest BCUT2D eigenvalue weighted by Gasteiger charge is -2.28. The Balaban J connectivity index is 1.60. The van der Waals surface area contributed by atoms with Crippen molar-refractivity contribution in [2.45, 2.75) is 20.0 Å². The second-order valence-corrected chi connectivity index (χ2v) is 7.22. The van der Waals surface area contributed by atoms with Crippen molar-refractivity contribution in [3.63, 3.8) is 0 Å². The summed E-state index contributed by atoms with van der Waals surface area (Å²) in [5.74, 6) is 0. The summed E-state index contributed by atoms with van der Waals surface area (Å²) in [7, 11) is 0. The summed E-state index contributed by atoms with van der Waals surface area (Å²) >= 11 is 8.07. The molecule has 0 saturated carbocycles. The number of nitrogens with one attached hydrogen (secondary N) is 2. The Morgan fingerprint density at radius 3 is 2.88 bits per heavy atom. The Bertz CT molecular complexity index is 956. The van der Waals surface area contributed by atoms with Crippen LogP contribution in [-0.2, 0) is 13.1 Å². The van der Waals surface area contributed by atoms with E-state index in [-0.39, 0.29) is 0 Å². The maximum absolute atomic E-state index is 8.88. The Labute approximate surface area is 149 Å². The van der Waals surface area contributed by atoms with E-state index in [2.05, 4.69) is 33.1 Å². The summed E-state index contributed by atoms with van der Waals surface area (Å²) in [6, 6.07) is 11.9. The minimum absolute atomic E-state index is 0.685. The summed E-state index contributed by atoms with van der Waals surface area (Å²) < 4.78 is 5.68. The van der Waals surface area contributed by atoms with Gasteiger partial charge in [0.1, 0.15) is 0 Å². The smallest absolute Gasteiger partial charge is 0.0991 e. The van der Waals surface area contributed by atoms with Crippen molar-refractivity contribution >= 4 is 40.3 Å². The van der Waals surface area contributed by atoms with Crippen molar-refractivity contribution < 1.29 is 0 Å². The molecule has 4 nitrogen and oxygen atoms in total. The van der Waals surface area contributed by atoms with Crippen LogP contribution in [0.5, 0.6) is 0 Å². The molecule has 0 radical (unpaired) electrons. The first-order valence-corrected chi connectivity index (χ1v) is 8.77. The average molecular weight is 355 g/mol. The zero-order valence-electron chi connectivity index (χ0n) is 13.1. The van der Waals surface area contributed by atoms with Crippen molar-refractivity contribution in [1.82, 2.24) is 9.29 Å². The maximum Gasteiger partial charge on any atom is 0.0991 e. The van der Waals surface area contributed by atoms with Crippen LogP contribution in [0.1, 0.15) is 22.3 Å². The first-order chi connectivity index (χ1) is 11.7. The van der Waals surface area contributed by atoms with Crippen LogP contribution in [0.15, 0.2) is 36.5 Å². The van der Waals surface area contributed by atoms with E-state index in [1.807, 2.05) is 30.5 Å². The highest BCUT2D eigenvalue weighted by Crippen LogP contribution is 2.40. The fourth-order valence-corrected chi connectivity index (χ4v) is 4.28. The summed E-state index contributed by atoms with van der Waals surface area (Å²) in [5, 5.41) is 10.8. The molecule has 0 spiro atoms. The number of halogens is 1. The van der Waals surface area contributed by atoms with E-state index in [1.165, 1.54) is 11.1 Å². The Morgan fingerprint density at radius 2 is 2.12 bits per heavy atom. The predicted molar refractivity (Wildman–Crippen MR) is 99.7 cm³/mol. The number of hydrogen-bond donors (Lipinski definition) is 2. The summed E-state index contributed by atoms with van der Waals surface area (Å²) in [6.45, 7) is 3.66. The second kappa shape index (κ2) is 6.06. The van der Waals surface area contributed by atoms with E-state index in [0.29, 0.717) is 5.56 Å². The number of aryl methyl sites for hydroxylation is 1. The van der Waals surface area contributed by atoms with Gasteiger partial charge in [-0.3, -0.25) is 0 Å². The number of aromatic nitrogens is 1. The molecule has 4 rings (SSSR count). The van der Waals surface area contributed by atoms with E-state index >= 15 is 0 Å². The first-order valence-electron chi connectivity index (χ1n) is 7.61. The fourth-order valence-electron chi connectivity index (χ4n) is 3.03. The largest absolute Gasteiger partial charge is 0.359 e. The van der Waals surface area contributed by atoms with Gasteiger partial charge in [0.15, 0.2) is 0 Å². The molecule has 1 aliphatic rings. The number of benzene rings is 2. The van der Waals surface area contributed by atoms with Crippen LogP contribution in [-0.4, -0.2) is 9.29 Å². The molecule has 0 saturated heterocycles. The third-order valence-corrected chi connectivity index (χ3v) is 5.36.